The van der Waals surface area contributed by atoms with Crippen molar-refractivity contribution in [3.63, 3.8) is 0 Å². The van der Waals surface area contributed by atoms with Crippen molar-refractivity contribution in [1.82, 2.24) is 10.2 Å². The second kappa shape index (κ2) is 6.18. The number of rotatable bonds is 6. The average Bonchev–Trinajstić information content (AvgIpc) is 2.10. The number of hydrogen-bond acceptors (Lipinski definition) is 4. The zero-order valence-electron chi connectivity index (χ0n) is 10.9. The van der Waals surface area contributed by atoms with Crippen LogP contribution in [0.15, 0.2) is 0 Å². The van der Waals surface area contributed by atoms with Gasteiger partial charge in [-0.25, -0.2) is 0 Å². The van der Waals surface area contributed by atoms with Crippen LogP contribution in [0.3, 0.4) is 0 Å². The zero-order chi connectivity index (χ0) is 12.9. The fourth-order valence-electron chi connectivity index (χ4n) is 1.44. The summed E-state index contributed by atoms with van der Waals surface area (Å²) in [6, 6.07) is -0.518. The predicted octanol–water partition coefficient (Wildman–Crippen LogP) is -0.601. The molecular weight excluding hydrogens is 206 g/mol. The third kappa shape index (κ3) is 6.05. The lowest BCUT2D eigenvalue weighted by Gasteiger charge is -2.28. The van der Waals surface area contributed by atoms with E-state index in [1.165, 1.54) is 0 Å². The van der Waals surface area contributed by atoms with E-state index in [9.17, 15) is 9.90 Å². The number of aliphatic hydroxyl groups is 1. The van der Waals surface area contributed by atoms with Crippen LogP contribution in [0.1, 0.15) is 20.8 Å². The highest BCUT2D eigenvalue weighted by Crippen LogP contribution is 2.04. The van der Waals surface area contributed by atoms with Gasteiger partial charge in [-0.15, -0.1) is 0 Å². The minimum atomic E-state index is -0.935. The Morgan fingerprint density at radius 1 is 1.50 bits per heavy atom. The molecule has 0 aliphatic rings. The van der Waals surface area contributed by atoms with Crippen molar-refractivity contribution >= 4 is 5.91 Å². The topological polar surface area (TPSA) is 78.6 Å². The molecule has 0 rings (SSSR count). The number of nitrogens with two attached hydrogens (primary N) is 1. The molecule has 0 saturated carbocycles. The maximum atomic E-state index is 11.6. The highest BCUT2D eigenvalue weighted by molar-refractivity contribution is 5.81. The maximum Gasteiger partial charge on any atom is 0.237 e. The van der Waals surface area contributed by atoms with Gasteiger partial charge in [0.2, 0.25) is 5.91 Å². The highest BCUT2D eigenvalue weighted by Gasteiger charge is 2.24. The predicted molar refractivity (Wildman–Crippen MR) is 65.0 cm³/mol. The molecule has 0 bridgehead atoms. The van der Waals surface area contributed by atoms with E-state index in [1.54, 1.807) is 6.92 Å². The van der Waals surface area contributed by atoms with Gasteiger partial charge in [-0.05, 0) is 26.9 Å². The third-order valence-electron chi connectivity index (χ3n) is 2.32. The van der Waals surface area contributed by atoms with Crippen molar-refractivity contribution in [2.45, 2.75) is 32.4 Å². The van der Waals surface area contributed by atoms with E-state index in [0.29, 0.717) is 6.54 Å². The van der Waals surface area contributed by atoms with Crippen LogP contribution in [0.2, 0.25) is 0 Å². The van der Waals surface area contributed by atoms with Gasteiger partial charge in [-0.2, -0.15) is 0 Å². The Morgan fingerprint density at radius 3 is 2.38 bits per heavy atom. The lowest BCUT2D eigenvalue weighted by atomic mass is 10.0. The average molecular weight is 231 g/mol. The molecule has 2 unspecified atom stereocenters. The SMILES string of the molecule is CC(C)C(N)C(=O)NCC(C)(O)CN(C)C. The first-order chi connectivity index (χ1) is 7.15. The van der Waals surface area contributed by atoms with Crippen LogP contribution in [-0.2, 0) is 4.79 Å². The van der Waals surface area contributed by atoms with Crippen molar-refractivity contribution in [3.05, 3.63) is 0 Å². The Labute approximate surface area is 98.0 Å². The third-order valence-corrected chi connectivity index (χ3v) is 2.32. The summed E-state index contributed by atoms with van der Waals surface area (Å²) in [6.07, 6.45) is 0. The van der Waals surface area contributed by atoms with Gasteiger partial charge in [0.05, 0.1) is 11.6 Å². The molecule has 16 heavy (non-hydrogen) atoms. The van der Waals surface area contributed by atoms with Gasteiger partial charge in [-0.3, -0.25) is 4.79 Å². The summed E-state index contributed by atoms with van der Waals surface area (Å²) < 4.78 is 0. The van der Waals surface area contributed by atoms with E-state index < -0.39 is 11.6 Å². The Bertz CT molecular complexity index is 227. The van der Waals surface area contributed by atoms with E-state index >= 15 is 0 Å². The molecule has 0 radical (unpaired) electrons. The molecule has 1 amide bonds. The minimum Gasteiger partial charge on any atom is -0.387 e. The molecule has 0 aromatic carbocycles. The molecule has 0 aliphatic carbocycles. The van der Waals surface area contributed by atoms with E-state index in [-0.39, 0.29) is 18.4 Å². The first-order valence-electron chi connectivity index (χ1n) is 5.56. The second-order valence-corrected chi connectivity index (χ2v) is 5.22. The van der Waals surface area contributed by atoms with Crippen LogP contribution < -0.4 is 11.1 Å². The normalized spacial score (nSPS) is 17.3. The molecule has 0 aromatic heterocycles. The fraction of sp³-hybridized carbons (Fsp3) is 0.909. The number of hydrogen-bond donors (Lipinski definition) is 3. The number of likely N-dealkylation sites (N-methyl/N-ethyl adjacent to an activating group) is 1. The Balaban J connectivity index is 4.09. The van der Waals surface area contributed by atoms with Gasteiger partial charge in [-0.1, -0.05) is 13.8 Å². The Morgan fingerprint density at radius 2 is 2.00 bits per heavy atom. The number of nitrogens with one attached hydrogen (secondary N) is 1. The molecule has 0 saturated heterocycles. The molecule has 5 nitrogen and oxygen atoms in total. The molecule has 4 N–H and O–H groups in total. The van der Waals surface area contributed by atoms with Crippen molar-refractivity contribution in [2.75, 3.05) is 27.2 Å². The Hall–Kier alpha value is -0.650. The molecule has 0 aliphatic heterocycles. The fourth-order valence-corrected chi connectivity index (χ4v) is 1.44. The van der Waals surface area contributed by atoms with Crippen molar-refractivity contribution < 1.29 is 9.90 Å². The van der Waals surface area contributed by atoms with Crippen molar-refractivity contribution in [1.29, 1.82) is 0 Å². The van der Waals surface area contributed by atoms with Gasteiger partial charge < -0.3 is 21.1 Å². The summed E-state index contributed by atoms with van der Waals surface area (Å²) >= 11 is 0. The number of nitrogens with zero attached hydrogens (tertiary/aromatic N) is 1. The van der Waals surface area contributed by atoms with Gasteiger partial charge in [0.25, 0.3) is 0 Å². The van der Waals surface area contributed by atoms with E-state index in [0.717, 1.165) is 0 Å². The standard InChI is InChI=1S/C11H25N3O2/c1-8(2)9(12)10(15)13-6-11(3,16)7-14(4)5/h8-9,16H,6-7,12H2,1-5H3,(H,13,15). The van der Waals surface area contributed by atoms with Crippen molar-refractivity contribution in [3.8, 4) is 0 Å². The van der Waals surface area contributed by atoms with Crippen LogP contribution in [0.4, 0.5) is 0 Å². The Kier molecular flexibility index (Phi) is 5.92. The molecule has 5 heteroatoms. The summed E-state index contributed by atoms with van der Waals surface area (Å²) in [5, 5.41) is 12.6. The summed E-state index contributed by atoms with van der Waals surface area (Å²) in [4.78, 5) is 13.4. The molecule has 0 heterocycles. The van der Waals surface area contributed by atoms with Crippen LogP contribution >= 0.6 is 0 Å². The maximum absolute atomic E-state index is 11.6. The lowest BCUT2D eigenvalue weighted by Crippen LogP contribution is -2.51. The van der Waals surface area contributed by atoms with Crippen LogP contribution in [-0.4, -0.2) is 54.7 Å². The molecular formula is C11H25N3O2. The summed E-state index contributed by atoms with van der Waals surface area (Å²) in [5.74, 6) is -0.118. The van der Waals surface area contributed by atoms with E-state index in [2.05, 4.69) is 5.32 Å². The number of amides is 1. The molecule has 2 atom stereocenters. The summed E-state index contributed by atoms with van der Waals surface area (Å²) in [7, 11) is 3.74. The summed E-state index contributed by atoms with van der Waals surface area (Å²) in [5.41, 5.74) is 4.75. The smallest absolute Gasteiger partial charge is 0.237 e. The monoisotopic (exact) mass is 231 g/mol. The van der Waals surface area contributed by atoms with Gasteiger partial charge in [0, 0.05) is 13.1 Å². The summed E-state index contributed by atoms with van der Waals surface area (Å²) in [6.45, 7) is 6.17. The first kappa shape index (κ1) is 15.3. The van der Waals surface area contributed by atoms with Crippen LogP contribution in [0, 0.1) is 5.92 Å². The first-order valence-corrected chi connectivity index (χ1v) is 5.56. The zero-order valence-corrected chi connectivity index (χ0v) is 10.9. The van der Waals surface area contributed by atoms with Crippen LogP contribution in [0.5, 0.6) is 0 Å². The largest absolute Gasteiger partial charge is 0.387 e. The van der Waals surface area contributed by atoms with E-state index in [4.69, 9.17) is 5.73 Å². The van der Waals surface area contributed by atoms with Gasteiger partial charge in [0.1, 0.15) is 0 Å². The van der Waals surface area contributed by atoms with E-state index in [1.807, 2.05) is 32.8 Å². The van der Waals surface area contributed by atoms with Gasteiger partial charge >= 0.3 is 0 Å². The second-order valence-electron chi connectivity index (χ2n) is 5.22. The number of carbonyl (C=O) groups excluding carboxylic acids is 1. The molecule has 0 aromatic rings. The molecule has 0 fully saturated rings. The minimum absolute atomic E-state index is 0.0961. The number of carbonyl (C=O) groups is 1. The van der Waals surface area contributed by atoms with Crippen LogP contribution in [0.25, 0.3) is 0 Å². The molecule has 96 valence electrons. The van der Waals surface area contributed by atoms with Gasteiger partial charge in [0.15, 0.2) is 0 Å². The highest BCUT2D eigenvalue weighted by atomic mass is 16.3. The van der Waals surface area contributed by atoms with Crippen molar-refractivity contribution in [2.24, 2.45) is 11.7 Å². The lowest BCUT2D eigenvalue weighted by molar-refractivity contribution is -0.124. The quantitative estimate of drug-likeness (QED) is 0.570. The molecule has 0 spiro atoms.